The summed E-state index contributed by atoms with van der Waals surface area (Å²) >= 11 is 0. The van der Waals surface area contributed by atoms with Gasteiger partial charge in [0.25, 0.3) is 0 Å². The molecule has 10 unspecified atom stereocenters. The highest BCUT2D eigenvalue weighted by Crippen LogP contribution is 2.35. The van der Waals surface area contributed by atoms with Gasteiger partial charge in [0, 0.05) is 62.8 Å². The van der Waals surface area contributed by atoms with E-state index in [0.717, 1.165) is 10.8 Å². The number of hydrogen-bond donors (Lipinski definition) is 16. The van der Waals surface area contributed by atoms with E-state index in [9.17, 15) is 39.0 Å². The molecule has 2 bridgehead atoms. The normalized spacial score (nSPS) is 22.0. The zero-order valence-corrected chi connectivity index (χ0v) is 68.7. The predicted molar refractivity (Wildman–Crippen MR) is 463 cm³/mol. The van der Waals surface area contributed by atoms with Crippen molar-refractivity contribution in [3.8, 4) is 0 Å². The monoisotopic (exact) mass is 1690 g/mol. The van der Waals surface area contributed by atoms with Crippen LogP contribution >= 0.6 is 0 Å². The van der Waals surface area contributed by atoms with Gasteiger partial charge in [-0.2, -0.15) is 0 Å². The summed E-state index contributed by atoms with van der Waals surface area (Å²) < 4.78 is 6.58. The van der Waals surface area contributed by atoms with Gasteiger partial charge < -0.3 is 88.6 Å². The van der Waals surface area contributed by atoms with E-state index in [1.807, 2.05) is 54.6 Å². The van der Waals surface area contributed by atoms with Crippen LogP contribution in [-0.4, -0.2) is 190 Å². The number of carbonyl (C=O) groups excluding carboxylic acids is 11. The minimum Gasteiger partial charge on any atom is -0.481 e. The van der Waals surface area contributed by atoms with Crippen LogP contribution in [0, 0.1) is 10.8 Å². The molecule has 8 aromatic carbocycles. The van der Waals surface area contributed by atoms with Crippen LogP contribution in [0.2, 0.25) is 0 Å². The van der Waals surface area contributed by atoms with E-state index in [2.05, 4.69) is 58.5 Å². The van der Waals surface area contributed by atoms with Gasteiger partial charge in [0.2, 0.25) is 65.0 Å². The van der Waals surface area contributed by atoms with Crippen molar-refractivity contribution >= 4 is 132 Å². The summed E-state index contributed by atoms with van der Waals surface area (Å²) in [6.07, 6.45) is -1.91. The number of rotatable bonds is 18. The Balaban J connectivity index is 0.886. The fourth-order valence-corrected chi connectivity index (χ4v) is 16.6. The van der Waals surface area contributed by atoms with Crippen LogP contribution in [0.25, 0.3) is 43.5 Å². The largest absolute Gasteiger partial charge is 0.481 e. The van der Waals surface area contributed by atoms with Crippen molar-refractivity contribution in [3.63, 3.8) is 0 Å². The van der Waals surface area contributed by atoms with Gasteiger partial charge in [-0.3, -0.25) is 73.1 Å². The Morgan fingerprint density at radius 1 is 0.435 bits per heavy atom. The van der Waals surface area contributed by atoms with Gasteiger partial charge in [0.05, 0.1) is 43.6 Å². The number of furan rings is 1. The van der Waals surface area contributed by atoms with Gasteiger partial charge in [-0.25, -0.2) is 0 Å². The second-order valence-corrected chi connectivity index (χ2v) is 31.6. The summed E-state index contributed by atoms with van der Waals surface area (Å²) in [5, 5.41) is 71.6. The molecule has 4 heterocycles. The third kappa shape index (κ3) is 23.5. The molecule has 0 aliphatic carbocycles. The number of fused-ring (bicyclic) bond motifs is 5. The molecule has 0 saturated carbocycles. The number of para-hydroxylation sites is 2. The number of carboxylic acids is 2. The van der Waals surface area contributed by atoms with Crippen molar-refractivity contribution in [2.24, 2.45) is 5.73 Å². The number of carbonyl (C=O) groups is 13. The number of nitrogens with zero attached hydrogens (tertiary/aromatic N) is 2. The van der Waals surface area contributed by atoms with Gasteiger partial charge in [0.15, 0.2) is 5.96 Å². The summed E-state index contributed by atoms with van der Waals surface area (Å²) in [5.41, 5.74) is 9.77. The number of benzene rings is 8. The van der Waals surface area contributed by atoms with Gasteiger partial charge in [-0.15, -0.1) is 0 Å². The average molecular weight is 1690 g/mol. The van der Waals surface area contributed by atoms with Crippen LogP contribution in [0.5, 0.6) is 0 Å². The number of amides is 11. The van der Waals surface area contributed by atoms with Gasteiger partial charge in [-0.1, -0.05) is 182 Å². The molecule has 648 valence electrons. The first-order chi connectivity index (χ1) is 59.8. The quantitative estimate of drug-likeness (QED) is 0.0268. The highest BCUT2D eigenvalue weighted by atomic mass is 16.4. The maximum Gasteiger partial charge on any atom is 0.305 e. The zero-order valence-electron chi connectivity index (χ0n) is 68.7. The Hall–Kier alpha value is -14.1. The predicted octanol–water partition coefficient (Wildman–Crippen LogP) is 5.95. The minimum atomic E-state index is -1.73. The molecule has 0 radical (unpaired) electrons. The molecule has 32 heteroatoms. The molecule has 10 atom stereocenters. The van der Waals surface area contributed by atoms with Crippen molar-refractivity contribution in [1.29, 1.82) is 10.8 Å². The fraction of sp³-hybridized carbons (Fsp3) is 0.359. The Morgan fingerprint density at radius 3 is 1.42 bits per heavy atom. The van der Waals surface area contributed by atoms with E-state index in [1.54, 1.807) is 134 Å². The Bertz CT molecular complexity index is 5460. The van der Waals surface area contributed by atoms with Crippen LogP contribution in [0.4, 0.5) is 0 Å². The summed E-state index contributed by atoms with van der Waals surface area (Å²) in [6.45, 7) is 1.90. The molecule has 124 heavy (non-hydrogen) atoms. The molecular formula is C92H104N16O16. The maximum atomic E-state index is 15.4. The number of carboxylic acid groups (broad SMARTS) is 2. The molecule has 17 N–H and O–H groups in total. The second kappa shape index (κ2) is 42.4. The summed E-state index contributed by atoms with van der Waals surface area (Å²) in [6, 6.07) is 39.4. The standard InChI is InChI=1S/C92H104N16O16/c1-54(93)96-43-16-36-67-85(117)103-69(63-32-12-26-57-24-8-10-30-61(57)63)51-79(111)101-71(48-55-20-4-2-5-21-55)86(118)106-73(52-80(112)113)84(116)97-45-42-60-29-15-35-66-65-34-14-28-59(82(65)124-83(60)66)40-41-77(109)100-74(53-81(114)115)88(120)105-72(49-56-22-6-3-7-23-56)87(119)104-70(64-33-13-27-58-25-9-11-31-62(58)64)50-78(110)99-68(37-17-44-98-92(94)95)90(122)108-47-19-39-76(108)91(123)107-46-18-38-75(107)89(121)102-67/h2-15,20-35,67-76H,16-19,36-53H2,1H3,(H2,93,96)(H,97,116)(H,99,110)(H,100,109)(H,101,111)(H,102,121)(H,103,117)(H,104,119)(H,105,120)(H,106,118)(H,112,113)(H,114,115)(H4,94,95,98). The number of aryl methyl sites for hydroxylation is 1. The SMILES string of the molecule is CC(=N)NCCCC1NC(=O)C2CCCN2C(=O)C2CCCN2C(=O)C(CCCNC(=N)N)NC(=O)CC(c2cccc3ccccc23)NC(=O)C(Cc2ccccc2)NC(=O)C(CC(=O)O)NC(=O)CCc2cccc3c2oc2c(cccc23)CCNC(=O)C(CC(=O)O)NC(=O)C(Cc2ccccc2)NC(=O)CC(c2cccc3ccccc23)NC1=O. The van der Waals surface area contributed by atoms with Crippen LogP contribution in [0.3, 0.4) is 0 Å². The molecule has 3 aliphatic heterocycles. The molecule has 1 aromatic heterocycles. The van der Waals surface area contributed by atoms with Crippen LogP contribution in [0.1, 0.15) is 136 Å². The summed E-state index contributed by atoms with van der Waals surface area (Å²) in [7, 11) is 0. The maximum absolute atomic E-state index is 15.4. The average Bonchev–Trinajstić information content (AvgIpc) is 1.61. The molecule has 3 aliphatic rings. The first kappa shape index (κ1) is 89.2. The lowest BCUT2D eigenvalue weighted by Gasteiger charge is -2.33. The van der Waals surface area contributed by atoms with E-state index in [0.29, 0.717) is 78.9 Å². The van der Waals surface area contributed by atoms with Crippen molar-refractivity contribution < 1.29 is 77.0 Å². The van der Waals surface area contributed by atoms with E-state index in [-0.39, 0.29) is 115 Å². The smallest absolute Gasteiger partial charge is 0.305 e. The van der Waals surface area contributed by atoms with Crippen LogP contribution in [-0.2, 0) is 88.0 Å². The van der Waals surface area contributed by atoms with Crippen LogP contribution in [0.15, 0.2) is 186 Å². The number of nitrogens with one attached hydrogen (secondary N) is 13. The number of hydrogen-bond acceptors (Lipinski definition) is 16. The van der Waals surface area contributed by atoms with E-state index < -0.39 is 163 Å². The number of guanidine groups is 1. The van der Waals surface area contributed by atoms with Crippen molar-refractivity contribution in [2.75, 3.05) is 32.7 Å². The summed E-state index contributed by atoms with van der Waals surface area (Å²) in [4.78, 5) is 193. The van der Waals surface area contributed by atoms with Gasteiger partial charge in [0.1, 0.15) is 59.5 Å². The molecule has 11 amide bonds. The lowest BCUT2D eigenvalue weighted by Crippen LogP contribution is -2.58. The lowest BCUT2D eigenvalue weighted by molar-refractivity contribution is -0.148. The van der Waals surface area contributed by atoms with Gasteiger partial charge >= 0.3 is 11.9 Å². The summed E-state index contributed by atoms with van der Waals surface area (Å²) in [5.74, 6) is -11.6. The minimum absolute atomic E-state index is 0.0177. The highest BCUT2D eigenvalue weighted by Gasteiger charge is 2.45. The highest BCUT2D eigenvalue weighted by molar-refractivity contribution is 6.07. The molecule has 0 spiro atoms. The molecule has 32 nitrogen and oxygen atoms in total. The van der Waals surface area contributed by atoms with E-state index in [4.69, 9.17) is 21.0 Å². The first-order valence-electron chi connectivity index (χ1n) is 41.9. The third-order valence-corrected chi connectivity index (χ3v) is 22.7. The number of nitrogens with two attached hydrogens (primary N) is 1. The van der Waals surface area contributed by atoms with Crippen molar-refractivity contribution in [3.05, 3.63) is 215 Å². The molecule has 2 fully saturated rings. The second-order valence-electron chi connectivity index (χ2n) is 31.6. The Kier molecular flexibility index (Phi) is 30.5. The van der Waals surface area contributed by atoms with Gasteiger partial charge in [-0.05, 0) is 126 Å². The molecular weight excluding hydrogens is 1590 g/mol. The molecule has 9 aromatic rings. The van der Waals surface area contributed by atoms with Crippen LogP contribution < -0.4 is 64.2 Å². The molecule has 12 rings (SSSR count). The molecule has 2 saturated heterocycles. The topological polar surface area (TPSA) is 488 Å². The first-order valence-corrected chi connectivity index (χ1v) is 41.9. The third-order valence-electron chi connectivity index (χ3n) is 22.7. The zero-order chi connectivity index (χ0) is 87.9. The van der Waals surface area contributed by atoms with Crippen molar-refractivity contribution in [1.82, 2.24) is 68.3 Å². The van der Waals surface area contributed by atoms with E-state index in [1.165, 1.54) is 9.80 Å². The Labute approximate surface area is 715 Å². The number of aliphatic carboxylic acids is 2. The number of amidine groups is 1. The van der Waals surface area contributed by atoms with Crippen molar-refractivity contribution in [2.45, 2.75) is 176 Å². The Morgan fingerprint density at radius 2 is 0.863 bits per heavy atom. The fourth-order valence-electron chi connectivity index (χ4n) is 16.6. The van der Waals surface area contributed by atoms with E-state index >= 15 is 33.6 Å². The lowest BCUT2D eigenvalue weighted by atomic mass is 9.95.